The first-order chi connectivity index (χ1) is 21.8. The van der Waals surface area contributed by atoms with Gasteiger partial charge in [-0.1, -0.05) is 38.5 Å². The van der Waals surface area contributed by atoms with Gasteiger partial charge in [-0.15, -0.1) is 0 Å². The highest BCUT2D eigenvalue weighted by molar-refractivity contribution is 6.03. The molecule has 0 spiro atoms. The molecule has 0 fully saturated rings. The first-order valence-electron chi connectivity index (χ1n) is 15.0. The molecule has 1 unspecified atom stereocenters. The first-order valence-corrected chi connectivity index (χ1v) is 15.0. The molecule has 0 heterocycles. The predicted molar refractivity (Wildman–Crippen MR) is 175 cm³/mol. The summed E-state index contributed by atoms with van der Waals surface area (Å²) in [7, 11) is 1.76. The van der Waals surface area contributed by atoms with E-state index >= 15 is 0 Å². The maximum Gasteiger partial charge on any atom is 0.284 e. The monoisotopic (exact) mass is 634 g/mol. The molecule has 0 saturated carbocycles. The second-order valence-electron chi connectivity index (χ2n) is 11.1. The minimum absolute atomic E-state index is 0.0611. The van der Waals surface area contributed by atoms with Crippen LogP contribution in [0.1, 0.15) is 86.6 Å². The Morgan fingerprint density at radius 2 is 1.65 bits per heavy atom. The third-order valence-corrected chi connectivity index (χ3v) is 7.52. The van der Waals surface area contributed by atoms with Crippen molar-refractivity contribution in [1.82, 2.24) is 15.2 Å². The maximum absolute atomic E-state index is 12.8. The Bertz CT molecular complexity index is 1480. The smallest absolute Gasteiger partial charge is 0.284 e. The van der Waals surface area contributed by atoms with Gasteiger partial charge in [0.15, 0.2) is 0 Å². The number of benzene rings is 2. The average Bonchev–Trinajstić information content (AvgIpc) is 3.03. The van der Waals surface area contributed by atoms with Crippen molar-refractivity contribution in [2.45, 2.75) is 66.3 Å². The van der Waals surface area contributed by atoms with Gasteiger partial charge in [-0.2, -0.15) is 5.10 Å². The summed E-state index contributed by atoms with van der Waals surface area (Å²) >= 11 is 0. The molecule has 0 aliphatic heterocycles. The van der Waals surface area contributed by atoms with E-state index in [1.165, 1.54) is 18.2 Å². The normalized spacial score (nSPS) is 12.0. The molecule has 0 aliphatic carbocycles. The van der Waals surface area contributed by atoms with E-state index in [-0.39, 0.29) is 42.1 Å². The molecule has 2 aromatic carbocycles. The van der Waals surface area contributed by atoms with Crippen LogP contribution in [0.5, 0.6) is 0 Å². The number of amides is 5. The van der Waals surface area contributed by atoms with E-state index in [4.69, 9.17) is 0 Å². The number of hydrogen-bond acceptors (Lipinski definition) is 8. The molecule has 2 aromatic rings. The molecular formula is C33H42N6O7. The Balaban J connectivity index is 1.98. The van der Waals surface area contributed by atoms with Crippen LogP contribution in [-0.4, -0.2) is 70.1 Å². The molecule has 46 heavy (non-hydrogen) atoms. The number of hydrogen-bond donors (Lipinski definition) is 2. The van der Waals surface area contributed by atoms with E-state index in [2.05, 4.69) is 15.8 Å². The number of carbonyl (C=O) groups excluding carboxylic acids is 5. The Hall–Kier alpha value is -5.20. The number of nitro benzene ring substituents is 1. The average molecular weight is 635 g/mol. The number of rotatable bonds is 16. The van der Waals surface area contributed by atoms with Crippen LogP contribution >= 0.6 is 0 Å². The van der Waals surface area contributed by atoms with Crippen molar-refractivity contribution in [3.63, 3.8) is 0 Å². The Morgan fingerprint density at radius 1 is 1.00 bits per heavy atom. The Morgan fingerprint density at radius 3 is 2.24 bits per heavy atom. The summed E-state index contributed by atoms with van der Waals surface area (Å²) in [4.78, 5) is 74.6. The van der Waals surface area contributed by atoms with Crippen molar-refractivity contribution >= 4 is 47.1 Å². The van der Waals surface area contributed by atoms with Crippen LogP contribution in [0, 0.1) is 16.0 Å². The van der Waals surface area contributed by atoms with Gasteiger partial charge in [0.1, 0.15) is 5.56 Å². The molecule has 1 atom stereocenters. The number of imide groups is 1. The number of nitro groups is 1. The molecule has 2 rings (SSSR count). The fourth-order valence-corrected chi connectivity index (χ4v) is 4.32. The number of unbranched alkanes of at least 4 members (excludes halogenated alkanes) is 2. The van der Waals surface area contributed by atoms with Gasteiger partial charge in [-0.25, -0.2) is 5.43 Å². The molecule has 0 bridgehead atoms. The van der Waals surface area contributed by atoms with Crippen molar-refractivity contribution in [3.8, 4) is 0 Å². The minimum Gasteiger partial charge on any atom is -0.339 e. The van der Waals surface area contributed by atoms with Crippen LogP contribution in [0.3, 0.4) is 0 Å². The van der Waals surface area contributed by atoms with Crippen molar-refractivity contribution in [2.24, 2.45) is 11.0 Å². The van der Waals surface area contributed by atoms with Gasteiger partial charge in [-0.3, -0.25) is 39.0 Å². The van der Waals surface area contributed by atoms with E-state index < -0.39 is 22.4 Å². The SMILES string of the molecule is C/C=C\C(=O)N(C=O)CCCCCC(=O)Nc1ccc(C(=O)N/N=C(\C)c2ccc(C(=O)N(C)C(C)C(C)C)cc2)c([N+](=O)[O-])c1. The van der Waals surface area contributed by atoms with Crippen molar-refractivity contribution < 1.29 is 28.9 Å². The lowest BCUT2D eigenvalue weighted by molar-refractivity contribution is -0.385. The molecule has 0 radical (unpaired) electrons. The summed E-state index contributed by atoms with van der Waals surface area (Å²) in [6.07, 6.45) is 5.01. The molecule has 13 nitrogen and oxygen atoms in total. The van der Waals surface area contributed by atoms with Crippen LogP contribution in [0.2, 0.25) is 0 Å². The van der Waals surface area contributed by atoms with Gasteiger partial charge in [0.25, 0.3) is 23.4 Å². The van der Waals surface area contributed by atoms with Gasteiger partial charge >= 0.3 is 0 Å². The Kier molecular flexibility index (Phi) is 14.4. The van der Waals surface area contributed by atoms with Crippen molar-refractivity contribution in [1.29, 1.82) is 0 Å². The van der Waals surface area contributed by atoms with Crippen LogP contribution in [0.25, 0.3) is 0 Å². The third kappa shape index (κ3) is 10.8. The van der Waals surface area contributed by atoms with Crippen LogP contribution in [0.15, 0.2) is 59.7 Å². The van der Waals surface area contributed by atoms with Gasteiger partial charge in [0, 0.05) is 43.4 Å². The summed E-state index contributed by atoms with van der Waals surface area (Å²) < 4.78 is 0. The van der Waals surface area contributed by atoms with E-state index in [9.17, 15) is 34.1 Å². The number of anilines is 1. The number of nitrogens with zero attached hydrogens (tertiary/aromatic N) is 4. The zero-order valence-corrected chi connectivity index (χ0v) is 27.1. The topological polar surface area (TPSA) is 171 Å². The summed E-state index contributed by atoms with van der Waals surface area (Å²) in [5.74, 6) is -1.40. The molecule has 0 saturated heterocycles. The van der Waals surface area contributed by atoms with E-state index in [1.807, 2.05) is 20.8 Å². The first kappa shape index (κ1) is 37.0. The lowest BCUT2D eigenvalue weighted by atomic mass is 10.0. The second kappa shape index (κ2) is 17.9. The van der Waals surface area contributed by atoms with Gasteiger partial charge in [-0.05, 0) is 75.4 Å². The summed E-state index contributed by atoms with van der Waals surface area (Å²) in [6, 6.07) is 10.6. The number of hydrazone groups is 1. The van der Waals surface area contributed by atoms with Crippen molar-refractivity contribution in [3.05, 3.63) is 81.4 Å². The van der Waals surface area contributed by atoms with Crippen LogP contribution < -0.4 is 10.7 Å². The fourth-order valence-electron chi connectivity index (χ4n) is 4.32. The highest BCUT2D eigenvalue weighted by Gasteiger charge is 2.22. The lowest BCUT2D eigenvalue weighted by Gasteiger charge is -2.28. The zero-order valence-electron chi connectivity index (χ0n) is 27.1. The summed E-state index contributed by atoms with van der Waals surface area (Å²) in [5.41, 5.74) is 3.32. The molecule has 0 aromatic heterocycles. The molecule has 13 heteroatoms. The number of carbonyl (C=O) groups is 5. The number of allylic oxidation sites excluding steroid dienone is 1. The maximum atomic E-state index is 12.8. The third-order valence-electron chi connectivity index (χ3n) is 7.52. The molecule has 5 amide bonds. The van der Waals surface area contributed by atoms with Crippen LogP contribution in [-0.2, 0) is 14.4 Å². The predicted octanol–water partition coefficient (Wildman–Crippen LogP) is 4.93. The standard InChI is InChI=1S/C33H42N6O7/c1-7-11-31(42)38(21-40)19-10-8-9-12-30(41)34-27-17-18-28(29(20-27)39(45)46)32(43)36-35-23(4)25-13-15-26(16-14-25)33(44)37(6)24(5)22(2)3/h7,11,13-18,20-22,24H,8-10,12,19H2,1-6H3,(H,34,41)(H,36,43)/b11-7-,35-23+. The van der Waals surface area contributed by atoms with E-state index in [0.717, 1.165) is 11.0 Å². The fraction of sp³-hybridized carbons (Fsp3) is 0.394. The van der Waals surface area contributed by atoms with Gasteiger partial charge in [0.05, 0.1) is 10.6 Å². The summed E-state index contributed by atoms with van der Waals surface area (Å²) in [5, 5.41) is 18.4. The second-order valence-corrected chi connectivity index (χ2v) is 11.1. The quantitative estimate of drug-likeness (QED) is 0.0658. The molecule has 0 aliphatic rings. The molecule has 246 valence electrons. The highest BCUT2D eigenvalue weighted by Crippen LogP contribution is 2.24. The van der Waals surface area contributed by atoms with Crippen molar-refractivity contribution in [2.75, 3.05) is 18.9 Å². The molecular weight excluding hydrogens is 592 g/mol. The lowest BCUT2D eigenvalue weighted by Crippen LogP contribution is -2.38. The summed E-state index contributed by atoms with van der Waals surface area (Å²) in [6.45, 7) is 9.64. The molecule has 2 N–H and O–H groups in total. The van der Waals surface area contributed by atoms with E-state index in [0.29, 0.717) is 48.4 Å². The van der Waals surface area contributed by atoms with Gasteiger partial charge < -0.3 is 10.2 Å². The van der Waals surface area contributed by atoms with Gasteiger partial charge in [0.2, 0.25) is 12.3 Å². The highest BCUT2D eigenvalue weighted by atomic mass is 16.6. The largest absolute Gasteiger partial charge is 0.339 e. The number of nitrogens with one attached hydrogen (secondary N) is 2. The zero-order chi connectivity index (χ0) is 34.4. The van der Waals surface area contributed by atoms with Crippen LogP contribution in [0.4, 0.5) is 11.4 Å². The van der Waals surface area contributed by atoms with E-state index in [1.54, 1.807) is 56.1 Å². The Labute approximate surface area is 268 Å². The minimum atomic E-state index is -0.808.